The first kappa shape index (κ1) is 11.4. The van der Waals surface area contributed by atoms with Gasteiger partial charge in [-0.05, 0) is 31.8 Å². The van der Waals surface area contributed by atoms with Crippen LogP contribution in [0.3, 0.4) is 0 Å². The van der Waals surface area contributed by atoms with Crippen LogP contribution in [0.25, 0.3) is 0 Å². The van der Waals surface area contributed by atoms with E-state index in [9.17, 15) is 0 Å². The highest BCUT2D eigenvalue weighted by Crippen LogP contribution is 2.17. The monoisotopic (exact) mass is 211 g/mol. The van der Waals surface area contributed by atoms with Crippen molar-refractivity contribution in [3.8, 4) is 0 Å². The molecule has 2 saturated heterocycles. The average Bonchev–Trinajstić information content (AvgIpc) is 2.68. The van der Waals surface area contributed by atoms with Crippen LogP contribution in [0.4, 0.5) is 0 Å². The Morgan fingerprint density at radius 3 is 2.67 bits per heavy atom. The van der Waals surface area contributed by atoms with E-state index in [1.165, 1.54) is 65.2 Å². The van der Waals surface area contributed by atoms with Gasteiger partial charge in [0.25, 0.3) is 0 Å². The maximum absolute atomic E-state index is 3.42. The van der Waals surface area contributed by atoms with Gasteiger partial charge < -0.3 is 15.1 Å². The van der Waals surface area contributed by atoms with Crippen LogP contribution in [0.5, 0.6) is 0 Å². The van der Waals surface area contributed by atoms with Gasteiger partial charge in [-0.15, -0.1) is 0 Å². The molecule has 0 aromatic heterocycles. The van der Waals surface area contributed by atoms with Crippen molar-refractivity contribution in [1.29, 1.82) is 0 Å². The standard InChI is InChI=1S/C12H25N3/c1-2-6-14-7-3-12(10-14)11-15-8-4-13-5-9-15/h12-13H,2-11H2,1H3. The number of nitrogens with one attached hydrogen (secondary N) is 1. The highest BCUT2D eigenvalue weighted by Gasteiger charge is 2.24. The molecule has 1 atom stereocenters. The lowest BCUT2D eigenvalue weighted by Gasteiger charge is -2.29. The van der Waals surface area contributed by atoms with Gasteiger partial charge in [-0.1, -0.05) is 6.92 Å². The summed E-state index contributed by atoms with van der Waals surface area (Å²) in [6.07, 6.45) is 2.73. The molecule has 3 heteroatoms. The van der Waals surface area contributed by atoms with Crippen molar-refractivity contribution in [2.24, 2.45) is 5.92 Å². The quantitative estimate of drug-likeness (QED) is 0.735. The molecule has 2 heterocycles. The molecule has 0 amide bonds. The minimum Gasteiger partial charge on any atom is -0.314 e. The summed E-state index contributed by atoms with van der Waals surface area (Å²) in [5.74, 6) is 0.939. The second kappa shape index (κ2) is 5.83. The van der Waals surface area contributed by atoms with Crippen LogP contribution in [0.15, 0.2) is 0 Å². The predicted octanol–water partition coefficient (Wildman–Crippen LogP) is 0.624. The lowest BCUT2D eigenvalue weighted by Crippen LogP contribution is -2.45. The summed E-state index contributed by atoms with van der Waals surface area (Å²) in [7, 11) is 0. The second-order valence-corrected chi connectivity index (χ2v) is 5.01. The van der Waals surface area contributed by atoms with Crippen molar-refractivity contribution < 1.29 is 0 Å². The number of piperazine rings is 1. The fourth-order valence-electron chi connectivity index (χ4n) is 2.84. The van der Waals surface area contributed by atoms with Crippen LogP contribution in [-0.4, -0.2) is 62.2 Å². The minimum absolute atomic E-state index is 0.939. The summed E-state index contributed by atoms with van der Waals surface area (Å²) in [6, 6.07) is 0. The first-order valence-corrected chi connectivity index (χ1v) is 6.54. The average molecular weight is 211 g/mol. The van der Waals surface area contributed by atoms with E-state index in [1.807, 2.05) is 0 Å². The molecular weight excluding hydrogens is 186 g/mol. The highest BCUT2D eigenvalue weighted by atomic mass is 15.2. The zero-order valence-electron chi connectivity index (χ0n) is 10.0. The molecule has 88 valence electrons. The Morgan fingerprint density at radius 1 is 1.13 bits per heavy atom. The number of hydrogen-bond acceptors (Lipinski definition) is 3. The molecule has 2 aliphatic rings. The predicted molar refractivity (Wildman–Crippen MR) is 64.1 cm³/mol. The van der Waals surface area contributed by atoms with Gasteiger partial charge >= 0.3 is 0 Å². The number of likely N-dealkylation sites (tertiary alicyclic amines) is 1. The summed E-state index contributed by atoms with van der Waals surface area (Å²) in [6.45, 7) is 12.5. The van der Waals surface area contributed by atoms with Crippen molar-refractivity contribution in [3.63, 3.8) is 0 Å². The molecular formula is C12H25N3. The van der Waals surface area contributed by atoms with Crippen LogP contribution in [-0.2, 0) is 0 Å². The van der Waals surface area contributed by atoms with E-state index in [-0.39, 0.29) is 0 Å². The first-order chi connectivity index (χ1) is 7.38. The molecule has 3 nitrogen and oxygen atoms in total. The molecule has 2 rings (SSSR count). The second-order valence-electron chi connectivity index (χ2n) is 5.01. The molecule has 2 aliphatic heterocycles. The summed E-state index contributed by atoms with van der Waals surface area (Å²) in [5, 5.41) is 3.42. The first-order valence-electron chi connectivity index (χ1n) is 6.54. The molecule has 1 unspecified atom stereocenters. The van der Waals surface area contributed by atoms with Gasteiger partial charge in [-0.3, -0.25) is 0 Å². The van der Waals surface area contributed by atoms with Gasteiger partial charge in [-0.25, -0.2) is 0 Å². The number of hydrogen-bond donors (Lipinski definition) is 1. The summed E-state index contributed by atoms with van der Waals surface area (Å²) >= 11 is 0. The molecule has 2 fully saturated rings. The van der Waals surface area contributed by atoms with Crippen molar-refractivity contribution in [1.82, 2.24) is 15.1 Å². The van der Waals surface area contributed by atoms with Crippen molar-refractivity contribution in [2.75, 3.05) is 52.4 Å². The van der Waals surface area contributed by atoms with E-state index in [0.29, 0.717) is 0 Å². The van der Waals surface area contributed by atoms with Gasteiger partial charge in [0.2, 0.25) is 0 Å². The van der Waals surface area contributed by atoms with E-state index in [2.05, 4.69) is 22.0 Å². The molecule has 0 saturated carbocycles. The zero-order chi connectivity index (χ0) is 10.5. The molecule has 0 aliphatic carbocycles. The van der Waals surface area contributed by atoms with Gasteiger partial charge in [0.1, 0.15) is 0 Å². The van der Waals surface area contributed by atoms with Crippen LogP contribution < -0.4 is 5.32 Å². The molecule has 0 aromatic rings. The lowest BCUT2D eigenvalue weighted by molar-refractivity contribution is 0.203. The van der Waals surface area contributed by atoms with Crippen molar-refractivity contribution in [3.05, 3.63) is 0 Å². The van der Waals surface area contributed by atoms with E-state index in [1.54, 1.807) is 0 Å². The van der Waals surface area contributed by atoms with Crippen LogP contribution in [0, 0.1) is 5.92 Å². The summed E-state index contributed by atoms with van der Waals surface area (Å²) < 4.78 is 0. The molecule has 15 heavy (non-hydrogen) atoms. The van der Waals surface area contributed by atoms with Gasteiger partial charge in [0.05, 0.1) is 0 Å². The number of rotatable bonds is 4. The molecule has 0 radical (unpaired) electrons. The van der Waals surface area contributed by atoms with Gasteiger partial charge in [-0.2, -0.15) is 0 Å². The SMILES string of the molecule is CCCN1CCC(CN2CCNCC2)C1. The highest BCUT2D eigenvalue weighted by molar-refractivity contribution is 4.79. The van der Waals surface area contributed by atoms with Gasteiger partial charge in [0, 0.05) is 39.3 Å². The molecule has 1 N–H and O–H groups in total. The van der Waals surface area contributed by atoms with Crippen molar-refractivity contribution in [2.45, 2.75) is 19.8 Å². The zero-order valence-corrected chi connectivity index (χ0v) is 10.0. The fraction of sp³-hybridized carbons (Fsp3) is 1.00. The van der Waals surface area contributed by atoms with Crippen molar-refractivity contribution >= 4 is 0 Å². The summed E-state index contributed by atoms with van der Waals surface area (Å²) in [5.41, 5.74) is 0. The van der Waals surface area contributed by atoms with Crippen LogP contribution >= 0.6 is 0 Å². The largest absolute Gasteiger partial charge is 0.314 e. The van der Waals surface area contributed by atoms with E-state index in [0.717, 1.165) is 5.92 Å². The normalized spacial score (nSPS) is 29.8. The van der Waals surface area contributed by atoms with E-state index >= 15 is 0 Å². The minimum atomic E-state index is 0.939. The maximum atomic E-state index is 3.42. The van der Waals surface area contributed by atoms with Crippen LogP contribution in [0.2, 0.25) is 0 Å². The Balaban J connectivity index is 1.67. The Hall–Kier alpha value is -0.120. The maximum Gasteiger partial charge on any atom is 0.0107 e. The molecule has 0 spiro atoms. The van der Waals surface area contributed by atoms with Crippen LogP contribution in [0.1, 0.15) is 19.8 Å². The Bertz CT molecular complexity index is 178. The van der Waals surface area contributed by atoms with Gasteiger partial charge in [0.15, 0.2) is 0 Å². The molecule has 0 aromatic carbocycles. The third kappa shape index (κ3) is 3.44. The van der Waals surface area contributed by atoms with E-state index in [4.69, 9.17) is 0 Å². The third-order valence-corrected chi connectivity index (χ3v) is 3.64. The Kier molecular flexibility index (Phi) is 4.42. The topological polar surface area (TPSA) is 18.5 Å². The Morgan fingerprint density at radius 2 is 1.93 bits per heavy atom. The Labute approximate surface area is 93.8 Å². The lowest BCUT2D eigenvalue weighted by atomic mass is 10.1. The smallest absolute Gasteiger partial charge is 0.0107 e. The van der Waals surface area contributed by atoms with E-state index < -0.39 is 0 Å². The molecule has 0 bridgehead atoms. The third-order valence-electron chi connectivity index (χ3n) is 3.64. The summed E-state index contributed by atoms with van der Waals surface area (Å²) in [4.78, 5) is 5.27. The number of nitrogens with zero attached hydrogens (tertiary/aromatic N) is 2. The fourth-order valence-corrected chi connectivity index (χ4v) is 2.84.